The van der Waals surface area contributed by atoms with Gasteiger partial charge in [-0.2, -0.15) is 11.3 Å². The van der Waals surface area contributed by atoms with E-state index in [0.29, 0.717) is 30.1 Å². The van der Waals surface area contributed by atoms with Crippen LogP contribution in [0.1, 0.15) is 10.4 Å². The van der Waals surface area contributed by atoms with Crippen molar-refractivity contribution < 1.29 is 14.3 Å². The fourth-order valence-electron chi connectivity index (χ4n) is 2.69. The zero-order chi connectivity index (χ0) is 21.5. The molecule has 7 nitrogen and oxygen atoms in total. The molecular formula is C22H24N4O3S. The normalized spacial score (nSPS) is 10.7. The first-order valence-electron chi connectivity index (χ1n) is 9.34. The SMILES string of the molecule is CN(C)CCOC(=O)Nc1ccc(C(=O)N(N)c2cccc(-c3ccsc3)c2)cc1. The summed E-state index contributed by atoms with van der Waals surface area (Å²) in [5.41, 5.74) is 3.60. The molecule has 3 N–H and O–H groups in total. The molecule has 1 heterocycles. The van der Waals surface area contributed by atoms with Gasteiger partial charge in [0, 0.05) is 17.8 Å². The molecule has 3 rings (SSSR count). The number of amides is 2. The Balaban J connectivity index is 1.63. The van der Waals surface area contributed by atoms with Crippen LogP contribution in [0.5, 0.6) is 0 Å². The predicted molar refractivity (Wildman–Crippen MR) is 121 cm³/mol. The number of carbonyl (C=O) groups excluding carboxylic acids is 2. The lowest BCUT2D eigenvalue weighted by Crippen LogP contribution is -2.37. The topological polar surface area (TPSA) is 87.9 Å². The molecule has 0 aliphatic heterocycles. The zero-order valence-corrected chi connectivity index (χ0v) is 17.7. The molecule has 0 aliphatic carbocycles. The van der Waals surface area contributed by atoms with Gasteiger partial charge in [-0.25, -0.2) is 15.6 Å². The van der Waals surface area contributed by atoms with Crippen LogP contribution in [-0.4, -0.2) is 44.1 Å². The Labute approximate surface area is 179 Å². The number of carbonyl (C=O) groups is 2. The predicted octanol–water partition coefficient (Wildman–Crippen LogP) is 4.05. The van der Waals surface area contributed by atoms with Crippen molar-refractivity contribution in [3.05, 3.63) is 70.9 Å². The highest BCUT2D eigenvalue weighted by Gasteiger charge is 2.15. The third-order valence-electron chi connectivity index (χ3n) is 4.35. The average Bonchev–Trinajstić information content (AvgIpc) is 3.28. The van der Waals surface area contributed by atoms with Gasteiger partial charge in [0.25, 0.3) is 5.91 Å². The van der Waals surface area contributed by atoms with Crippen LogP contribution in [0.2, 0.25) is 0 Å². The molecule has 156 valence electrons. The van der Waals surface area contributed by atoms with E-state index in [1.165, 1.54) is 0 Å². The summed E-state index contributed by atoms with van der Waals surface area (Å²) < 4.78 is 5.09. The summed E-state index contributed by atoms with van der Waals surface area (Å²) in [4.78, 5) is 26.5. The Morgan fingerprint density at radius 1 is 1.07 bits per heavy atom. The standard InChI is InChI=1S/C22H24N4O3S/c1-25(2)11-12-29-22(28)24-19-8-6-16(7-9-19)21(27)26(23)20-5-3-4-17(14-20)18-10-13-30-15-18/h3-10,13-15H,11-12,23H2,1-2H3,(H,24,28). The number of hydrogen-bond donors (Lipinski definition) is 2. The van der Waals surface area contributed by atoms with Crippen LogP contribution in [0.4, 0.5) is 16.2 Å². The van der Waals surface area contributed by atoms with Crippen molar-refractivity contribution >= 4 is 34.7 Å². The van der Waals surface area contributed by atoms with Gasteiger partial charge in [0.15, 0.2) is 0 Å². The molecular weight excluding hydrogens is 400 g/mol. The molecule has 0 saturated carbocycles. The molecule has 0 radical (unpaired) electrons. The van der Waals surface area contributed by atoms with Gasteiger partial charge in [-0.3, -0.25) is 10.1 Å². The number of nitrogens with two attached hydrogens (primary N) is 1. The largest absolute Gasteiger partial charge is 0.448 e. The lowest BCUT2D eigenvalue weighted by molar-refractivity contribution is 0.0987. The van der Waals surface area contributed by atoms with Crippen molar-refractivity contribution in [1.29, 1.82) is 0 Å². The molecule has 1 aromatic heterocycles. The van der Waals surface area contributed by atoms with Crippen molar-refractivity contribution in [3.8, 4) is 11.1 Å². The lowest BCUT2D eigenvalue weighted by Gasteiger charge is -2.18. The molecule has 8 heteroatoms. The van der Waals surface area contributed by atoms with E-state index in [-0.39, 0.29) is 5.91 Å². The number of nitrogens with one attached hydrogen (secondary N) is 1. The molecule has 0 saturated heterocycles. The van der Waals surface area contributed by atoms with Crippen LogP contribution in [0.15, 0.2) is 65.4 Å². The fraction of sp³-hybridized carbons (Fsp3) is 0.182. The van der Waals surface area contributed by atoms with E-state index in [9.17, 15) is 9.59 Å². The Morgan fingerprint density at radius 2 is 1.83 bits per heavy atom. The van der Waals surface area contributed by atoms with Crippen LogP contribution >= 0.6 is 11.3 Å². The third-order valence-corrected chi connectivity index (χ3v) is 5.03. The van der Waals surface area contributed by atoms with Crippen LogP contribution in [0.25, 0.3) is 11.1 Å². The van der Waals surface area contributed by atoms with Crippen LogP contribution < -0.4 is 16.2 Å². The summed E-state index contributed by atoms with van der Waals surface area (Å²) in [6.45, 7) is 0.933. The van der Waals surface area contributed by atoms with E-state index in [1.54, 1.807) is 41.7 Å². The first-order chi connectivity index (χ1) is 14.4. The number of anilines is 2. The number of ether oxygens (including phenoxy) is 1. The monoisotopic (exact) mass is 424 g/mol. The third kappa shape index (κ3) is 5.66. The summed E-state index contributed by atoms with van der Waals surface area (Å²) in [6, 6.07) is 16.0. The molecule has 0 spiro atoms. The van der Waals surface area contributed by atoms with E-state index in [0.717, 1.165) is 16.1 Å². The summed E-state index contributed by atoms with van der Waals surface area (Å²) in [7, 11) is 3.80. The number of likely N-dealkylation sites (N-methyl/N-ethyl adjacent to an activating group) is 1. The molecule has 0 unspecified atom stereocenters. The van der Waals surface area contributed by atoms with Crippen LogP contribution in [0, 0.1) is 0 Å². The fourth-order valence-corrected chi connectivity index (χ4v) is 3.36. The molecule has 0 aliphatic rings. The van der Waals surface area contributed by atoms with Gasteiger partial charge < -0.3 is 9.64 Å². The van der Waals surface area contributed by atoms with Crippen LogP contribution in [0.3, 0.4) is 0 Å². The molecule has 0 bridgehead atoms. The highest BCUT2D eigenvalue weighted by Crippen LogP contribution is 2.26. The Bertz CT molecular complexity index is 988. The Hall–Kier alpha value is -3.20. The summed E-state index contributed by atoms with van der Waals surface area (Å²) in [6.07, 6.45) is -0.540. The van der Waals surface area contributed by atoms with E-state index in [4.69, 9.17) is 10.6 Å². The molecule has 0 fully saturated rings. The highest BCUT2D eigenvalue weighted by atomic mass is 32.1. The maximum Gasteiger partial charge on any atom is 0.411 e. The quantitative estimate of drug-likeness (QED) is 0.339. The minimum Gasteiger partial charge on any atom is -0.448 e. The molecule has 2 amide bonds. The van der Waals surface area contributed by atoms with Gasteiger partial charge in [-0.05, 0) is 78.4 Å². The maximum absolute atomic E-state index is 12.8. The smallest absolute Gasteiger partial charge is 0.411 e. The summed E-state index contributed by atoms with van der Waals surface area (Å²) in [5.74, 6) is 5.73. The number of hydrogen-bond acceptors (Lipinski definition) is 6. The van der Waals surface area contributed by atoms with Crippen molar-refractivity contribution in [1.82, 2.24) is 4.90 Å². The summed E-state index contributed by atoms with van der Waals surface area (Å²) in [5, 5.41) is 7.79. The van der Waals surface area contributed by atoms with Gasteiger partial charge in [0.05, 0.1) is 5.69 Å². The van der Waals surface area contributed by atoms with Gasteiger partial charge in [0.2, 0.25) is 0 Å². The minimum atomic E-state index is -0.540. The lowest BCUT2D eigenvalue weighted by atomic mass is 10.1. The van der Waals surface area contributed by atoms with E-state index in [2.05, 4.69) is 5.32 Å². The Kier molecular flexibility index (Phi) is 7.18. The van der Waals surface area contributed by atoms with Crippen molar-refractivity contribution in [3.63, 3.8) is 0 Å². The Morgan fingerprint density at radius 3 is 2.50 bits per heavy atom. The first kappa shape index (κ1) is 21.5. The minimum absolute atomic E-state index is 0.294. The zero-order valence-electron chi connectivity index (χ0n) is 16.9. The number of benzene rings is 2. The van der Waals surface area contributed by atoms with Gasteiger partial charge >= 0.3 is 6.09 Å². The van der Waals surface area contributed by atoms with Crippen molar-refractivity contribution in [2.75, 3.05) is 37.6 Å². The van der Waals surface area contributed by atoms with Gasteiger partial charge in [0.1, 0.15) is 6.61 Å². The number of rotatable bonds is 7. The van der Waals surface area contributed by atoms with E-state index >= 15 is 0 Å². The number of thiophene rings is 1. The van der Waals surface area contributed by atoms with Crippen molar-refractivity contribution in [2.24, 2.45) is 5.84 Å². The van der Waals surface area contributed by atoms with Crippen LogP contribution in [-0.2, 0) is 4.74 Å². The second-order valence-corrected chi connectivity index (χ2v) is 7.66. The molecule has 30 heavy (non-hydrogen) atoms. The average molecular weight is 425 g/mol. The summed E-state index contributed by atoms with van der Waals surface area (Å²) >= 11 is 1.61. The highest BCUT2D eigenvalue weighted by molar-refractivity contribution is 7.08. The molecule has 3 aromatic rings. The van der Waals surface area contributed by atoms with E-state index in [1.807, 2.05) is 54.0 Å². The second kappa shape index (κ2) is 10.0. The number of nitrogens with zero attached hydrogens (tertiary/aromatic N) is 2. The first-order valence-corrected chi connectivity index (χ1v) is 10.3. The van der Waals surface area contributed by atoms with Crippen molar-refractivity contribution in [2.45, 2.75) is 0 Å². The van der Waals surface area contributed by atoms with E-state index < -0.39 is 6.09 Å². The molecule has 0 atom stereocenters. The molecule has 2 aromatic carbocycles. The maximum atomic E-state index is 12.8. The number of hydrazine groups is 1. The van der Waals surface area contributed by atoms with Gasteiger partial charge in [-0.1, -0.05) is 12.1 Å². The second-order valence-electron chi connectivity index (χ2n) is 6.88. The van der Waals surface area contributed by atoms with Gasteiger partial charge in [-0.15, -0.1) is 0 Å².